The van der Waals surface area contributed by atoms with Gasteiger partial charge in [-0.05, 0) is 17.7 Å². The fraction of sp³-hybridized carbons (Fsp3) is 0.429. The predicted molar refractivity (Wildman–Crippen MR) is 46.4 cm³/mol. The van der Waals surface area contributed by atoms with Crippen molar-refractivity contribution in [2.45, 2.75) is 13.8 Å². The molecule has 11 heavy (non-hydrogen) atoms. The van der Waals surface area contributed by atoms with Crippen LogP contribution in [0.5, 0.6) is 0 Å². The molecule has 0 saturated carbocycles. The van der Waals surface area contributed by atoms with E-state index in [1.54, 1.807) is 0 Å². The summed E-state index contributed by atoms with van der Waals surface area (Å²) in [5, 5.41) is 9.78. The summed E-state index contributed by atoms with van der Waals surface area (Å²) in [7, 11) is 0. The lowest BCUT2D eigenvalue weighted by atomic mass is 10.2. The van der Waals surface area contributed by atoms with E-state index in [0.29, 0.717) is 10.8 Å². The molecule has 0 bridgehead atoms. The van der Waals surface area contributed by atoms with Crippen molar-refractivity contribution in [3.8, 4) is 0 Å². The Labute approximate surface area is 69.8 Å². The number of allylic oxidation sites excluding steroid dienone is 1. The van der Waals surface area contributed by atoms with Crippen LogP contribution in [0.4, 0.5) is 0 Å². The van der Waals surface area contributed by atoms with E-state index in [1.165, 1.54) is 11.8 Å². The number of amidine groups is 1. The fourth-order valence-corrected chi connectivity index (χ4v) is 1.61. The van der Waals surface area contributed by atoms with E-state index >= 15 is 0 Å². The first-order valence-electron chi connectivity index (χ1n) is 3.39. The monoisotopic (exact) mass is 170 g/mol. The second-order valence-electron chi connectivity index (χ2n) is 2.66. The highest BCUT2D eigenvalue weighted by molar-refractivity contribution is 8.18. The number of carbonyl (C=O) groups is 1. The van der Waals surface area contributed by atoms with Crippen LogP contribution in [0.3, 0.4) is 0 Å². The van der Waals surface area contributed by atoms with E-state index in [0.717, 1.165) is 0 Å². The van der Waals surface area contributed by atoms with E-state index in [4.69, 9.17) is 5.41 Å². The normalized spacial score (nSPS) is 21.5. The summed E-state index contributed by atoms with van der Waals surface area (Å²) in [6.45, 7) is 4.01. The van der Waals surface area contributed by atoms with Gasteiger partial charge in [0.2, 0.25) is 0 Å². The van der Waals surface area contributed by atoms with Gasteiger partial charge in [-0.2, -0.15) is 0 Å². The lowest BCUT2D eigenvalue weighted by Gasteiger charge is -1.94. The van der Waals surface area contributed by atoms with Crippen LogP contribution in [0.2, 0.25) is 0 Å². The van der Waals surface area contributed by atoms with E-state index in [2.05, 4.69) is 5.32 Å². The SMILES string of the molecule is CC(C)/C=C1/SC(=N)NC1=O. The van der Waals surface area contributed by atoms with Crippen molar-refractivity contribution in [3.63, 3.8) is 0 Å². The molecule has 0 aliphatic carbocycles. The zero-order chi connectivity index (χ0) is 8.43. The first-order valence-corrected chi connectivity index (χ1v) is 4.21. The van der Waals surface area contributed by atoms with Gasteiger partial charge in [0.15, 0.2) is 5.17 Å². The van der Waals surface area contributed by atoms with Crippen LogP contribution in [-0.4, -0.2) is 11.1 Å². The van der Waals surface area contributed by atoms with Gasteiger partial charge >= 0.3 is 0 Å². The molecule has 0 radical (unpaired) electrons. The van der Waals surface area contributed by atoms with E-state index in [1.807, 2.05) is 19.9 Å². The van der Waals surface area contributed by atoms with E-state index in [-0.39, 0.29) is 11.1 Å². The van der Waals surface area contributed by atoms with Crippen molar-refractivity contribution in [1.82, 2.24) is 5.32 Å². The summed E-state index contributed by atoms with van der Waals surface area (Å²) in [5.41, 5.74) is 0. The zero-order valence-electron chi connectivity index (χ0n) is 6.47. The number of hydrogen-bond acceptors (Lipinski definition) is 3. The van der Waals surface area contributed by atoms with Crippen molar-refractivity contribution in [2.24, 2.45) is 5.92 Å². The topological polar surface area (TPSA) is 53.0 Å². The maximum Gasteiger partial charge on any atom is 0.263 e. The molecule has 1 heterocycles. The smallest absolute Gasteiger partial charge is 0.263 e. The van der Waals surface area contributed by atoms with Gasteiger partial charge in [0.25, 0.3) is 5.91 Å². The van der Waals surface area contributed by atoms with Crippen molar-refractivity contribution >= 4 is 22.8 Å². The molecule has 0 unspecified atom stereocenters. The molecule has 0 aromatic carbocycles. The number of nitrogens with one attached hydrogen (secondary N) is 2. The molecule has 1 aliphatic rings. The number of rotatable bonds is 1. The second kappa shape index (κ2) is 3.09. The number of hydrogen-bond donors (Lipinski definition) is 2. The minimum Gasteiger partial charge on any atom is -0.301 e. The maximum atomic E-state index is 11.0. The number of thioether (sulfide) groups is 1. The van der Waals surface area contributed by atoms with E-state index in [9.17, 15) is 4.79 Å². The Kier molecular flexibility index (Phi) is 2.34. The second-order valence-corrected chi connectivity index (χ2v) is 3.71. The van der Waals surface area contributed by atoms with Crippen molar-refractivity contribution in [3.05, 3.63) is 11.0 Å². The minimum absolute atomic E-state index is 0.145. The summed E-state index contributed by atoms with van der Waals surface area (Å²) in [6.07, 6.45) is 1.86. The molecule has 0 aromatic rings. The Bertz CT molecular complexity index is 233. The van der Waals surface area contributed by atoms with Crippen LogP contribution in [0.25, 0.3) is 0 Å². The predicted octanol–water partition coefficient (Wildman–Crippen LogP) is 1.32. The van der Waals surface area contributed by atoms with Gasteiger partial charge in [0.1, 0.15) is 0 Å². The Balaban J connectivity index is 2.75. The van der Waals surface area contributed by atoms with Gasteiger partial charge in [-0.25, -0.2) is 0 Å². The number of carbonyl (C=O) groups excluding carboxylic acids is 1. The van der Waals surface area contributed by atoms with Crippen molar-refractivity contribution < 1.29 is 4.79 Å². The lowest BCUT2D eigenvalue weighted by Crippen LogP contribution is -2.18. The molecule has 1 rings (SSSR count). The molecule has 60 valence electrons. The molecule has 2 N–H and O–H groups in total. The Hall–Kier alpha value is -0.770. The Morgan fingerprint density at radius 3 is 2.64 bits per heavy atom. The van der Waals surface area contributed by atoms with Gasteiger partial charge in [-0.1, -0.05) is 19.9 Å². The van der Waals surface area contributed by atoms with Gasteiger partial charge in [0, 0.05) is 0 Å². The molecular formula is C7H10N2OS. The summed E-state index contributed by atoms with van der Waals surface area (Å²) in [6, 6.07) is 0. The Morgan fingerprint density at radius 1 is 1.64 bits per heavy atom. The van der Waals surface area contributed by atoms with Gasteiger partial charge < -0.3 is 5.32 Å². The quantitative estimate of drug-likeness (QED) is 0.583. The molecule has 0 aromatic heterocycles. The summed E-state index contributed by atoms with van der Waals surface area (Å²) in [4.78, 5) is 11.6. The largest absolute Gasteiger partial charge is 0.301 e. The van der Waals surface area contributed by atoms with Crippen molar-refractivity contribution in [1.29, 1.82) is 5.41 Å². The van der Waals surface area contributed by atoms with Gasteiger partial charge in [-0.15, -0.1) is 0 Å². The molecule has 1 aliphatic heterocycles. The average Bonchev–Trinajstić information content (AvgIpc) is 2.09. The van der Waals surface area contributed by atoms with Gasteiger partial charge in [-0.3, -0.25) is 10.2 Å². The zero-order valence-corrected chi connectivity index (χ0v) is 7.29. The first kappa shape index (κ1) is 8.33. The summed E-state index contributed by atoms with van der Waals surface area (Å²) in [5.74, 6) is 0.211. The molecule has 0 spiro atoms. The average molecular weight is 170 g/mol. The van der Waals surface area contributed by atoms with Crippen LogP contribution < -0.4 is 5.32 Å². The standard InChI is InChI=1S/C7H10N2OS/c1-4(2)3-5-6(10)9-7(8)11-5/h3-4H,1-2H3,(H2,8,9,10)/b5-3+. The van der Waals surface area contributed by atoms with Crippen LogP contribution in [0, 0.1) is 11.3 Å². The minimum atomic E-state index is -0.145. The molecule has 4 heteroatoms. The third kappa shape index (κ3) is 2.08. The summed E-state index contributed by atoms with van der Waals surface area (Å²) < 4.78 is 0. The van der Waals surface area contributed by atoms with Gasteiger partial charge in [0.05, 0.1) is 4.91 Å². The molecule has 0 atom stereocenters. The fourth-order valence-electron chi connectivity index (χ4n) is 0.759. The number of amides is 1. The van der Waals surface area contributed by atoms with E-state index < -0.39 is 0 Å². The highest BCUT2D eigenvalue weighted by Crippen LogP contribution is 2.23. The van der Waals surface area contributed by atoms with Crippen LogP contribution >= 0.6 is 11.8 Å². The first-order chi connectivity index (χ1) is 5.09. The molecule has 3 nitrogen and oxygen atoms in total. The van der Waals surface area contributed by atoms with Crippen LogP contribution in [0.1, 0.15) is 13.8 Å². The molecule has 1 fully saturated rings. The molecule has 1 saturated heterocycles. The summed E-state index contributed by atoms with van der Waals surface area (Å²) >= 11 is 1.19. The van der Waals surface area contributed by atoms with Crippen molar-refractivity contribution in [2.75, 3.05) is 0 Å². The highest BCUT2D eigenvalue weighted by Gasteiger charge is 2.21. The molecule has 1 amide bonds. The maximum absolute atomic E-state index is 11.0. The third-order valence-electron chi connectivity index (χ3n) is 1.15. The Morgan fingerprint density at radius 2 is 2.27 bits per heavy atom. The lowest BCUT2D eigenvalue weighted by molar-refractivity contribution is -0.115. The molecular weight excluding hydrogens is 160 g/mol. The van der Waals surface area contributed by atoms with Crippen LogP contribution in [-0.2, 0) is 4.79 Å². The van der Waals surface area contributed by atoms with Crippen LogP contribution in [0.15, 0.2) is 11.0 Å². The highest BCUT2D eigenvalue weighted by atomic mass is 32.2. The third-order valence-corrected chi connectivity index (χ3v) is 2.00.